The van der Waals surface area contributed by atoms with E-state index in [4.69, 9.17) is 9.84 Å². The summed E-state index contributed by atoms with van der Waals surface area (Å²) in [5.74, 6) is -1.00. The molecule has 1 atom stereocenters. The third-order valence-corrected chi connectivity index (χ3v) is 6.02. The molecule has 0 amide bonds. The van der Waals surface area contributed by atoms with Crippen molar-refractivity contribution in [2.24, 2.45) is 0 Å². The number of ether oxygens (including phenoxy) is 1. The molecule has 1 aromatic carbocycles. The first-order chi connectivity index (χ1) is 9.80. The number of hydrogen-bond acceptors (Lipinski definition) is 4. The Bertz CT molecular complexity index is 646. The molecule has 1 aliphatic rings. The lowest BCUT2D eigenvalue weighted by molar-refractivity contribution is -0.141. The fourth-order valence-electron chi connectivity index (χ4n) is 2.16. The van der Waals surface area contributed by atoms with Crippen LogP contribution in [0.4, 0.5) is 0 Å². The van der Waals surface area contributed by atoms with Crippen LogP contribution in [0.2, 0.25) is 0 Å². The first-order valence-corrected chi connectivity index (χ1v) is 8.63. The van der Waals surface area contributed by atoms with Crippen LogP contribution in [0.3, 0.4) is 0 Å². The third kappa shape index (κ3) is 3.82. The highest BCUT2D eigenvalue weighted by molar-refractivity contribution is 9.10. The van der Waals surface area contributed by atoms with E-state index in [9.17, 15) is 13.2 Å². The van der Waals surface area contributed by atoms with Gasteiger partial charge in [0.15, 0.2) is 0 Å². The number of rotatable bonds is 4. The number of carboxylic acids is 1. The van der Waals surface area contributed by atoms with Crippen LogP contribution in [0.1, 0.15) is 12.0 Å². The number of carboxylic acid groups (broad SMARTS) is 1. The van der Waals surface area contributed by atoms with E-state index in [1.165, 1.54) is 10.4 Å². The van der Waals surface area contributed by atoms with E-state index in [1.807, 2.05) is 6.92 Å². The zero-order valence-electron chi connectivity index (χ0n) is 11.5. The van der Waals surface area contributed by atoms with Crippen LogP contribution in [0.25, 0.3) is 0 Å². The molecule has 0 spiro atoms. The van der Waals surface area contributed by atoms with Gasteiger partial charge in [0.25, 0.3) is 0 Å². The van der Waals surface area contributed by atoms with Crippen molar-refractivity contribution in [2.75, 3.05) is 19.7 Å². The van der Waals surface area contributed by atoms with Gasteiger partial charge in [-0.1, -0.05) is 15.9 Å². The van der Waals surface area contributed by atoms with Crippen molar-refractivity contribution >= 4 is 31.9 Å². The molecule has 1 aromatic rings. The first kappa shape index (κ1) is 16.4. The van der Waals surface area contributed by atoms with Gasteiger partial charge in [0.1, 0.15) is 0 Å². The second kappa shape index (κ2) is 6.43. The van der Waals surface area contributed by atoms with Crippen molar-refractivity contribution in [3.05, 3.63) is 28.2 Å². The molecule has 1 aliphatic heterocycles. The first-order valence-electron chi connectivity index (χ1n) is 6.40. The van der Waals surface area contributed by atoms with Crippen LogP contribution in [-0.2, 0) is 19.6 Å². The van der Waals surface area contributed by atoms with Gasteiger partial charge in [-0.3, -0.25) is 4.79 Å². The summed E-state index contributed by atoms with van der Waals surface area (Å²) in [7, 11) is -3.63. The van der Waals surface area contributed by atoms with E-state index in [-0.39, 0.29) is 31.0 Å². The molecule has 1 saturated heterocycles. The van der Waals surface area contributed by atoms with Crippen molar-refractivity contribution in [1.29, 1.82) is 0 Å². The normalized spacial score (nSPS) is 20.4. The van der Waals surface area contributed by atoms with Crippen LogP contribution < -0.4 is 0 Å². The van der Waals surface area contributed by atoms with Crippen LogP contribution in [-0.4, -0.2) is 49.6 Å². The molecule has 1 heterocycles. The Labute approximate surface area is 131 Å². The summed E-state index contributed by atoms with van der Waals surface area (Å²) in [5.41, 5.74) is 0.825. The van der Waals surface area contributed by atoms with Gasteiger partial charge in [-0.25, -0.2) is 8.42 Å². The van der Waals surface area contributed by atoms with E-state index in [2.05, 4.69) is 15.9 Å². The number of morpholine rings is 1. The lowest BCUT2D eigenvalue weighted by Crippen LogP contribution is -2.46. The van der Waals surface area contributed by atoms with Crippen molar-refractivity contribution in [2.45, 2.75) is 24.3 Å². The number of hydrogen-bond donors (Lipinski definition) is 1. The number of benzene rings is 1. The van der Waals surface area contributed by atoms with Gasteiger partial charge in [0, 0.05) is 17.6 Å². The molecule has 0 radical (unpaired) electrons. The number of sulfonamides is 1. The van der Waals surface area contributed by atoms with E-state index in [0.29, 0.717) is 0 Å². The SMILES string of the molecule is Cc1cc(S(=O)(=O)N2CCOC(CC(=O)O)C2)ccc1Br. The summed E-state index contributed by atoms with van der Waals surface area (Å²) in [4.78, 5) is 10.9. The van der Waals surface area contributed by atoms with Gasteiger partial charge in [0.05, 0.1) is 24.0 Å². The summed E-state index contributed by atoms with van der Waals surface area (Å²) < 4.78 is 32.6. The second-order valence-electron chi connectivity index (χ2n) is 4.86. The molecular weight excluding hydrogens is 362 g/mol. The quantitative estimate of drug-likeness (QED) is 0.861. The number of aliphatic carboxylic acids is 1. The monoisotopic (exact) mass is 377 g/mol. The predicted octanol–water partition coefficient (Wildman–Crippen LogP) is 1.62. The predicted molar refractivity (Wildman–Crippen MR) is 79.6 cm³/mol. The lowest BCUT2D eigenvalue weighted by atomic mass is 10.2. The zero-order valence-corrected chi connectivity index (χ0v) is 13.9. The molecule has 0 saturated carbocycles. The van der Waals surface area contributed by atoms with Crippen molar-refractivity contribution in [1.82, 2.24) is 4.31 Å². The Balaban J connectivity index is 2.22. The maximum Gasteiger partial charge on any atom is 0.306 e. The molecular formula is C13H16BrNO5S. The van der Waals surface area contributed by atoms with Crippen LogP contribution in [0.5, 0.6) is 0 Å². The number of carbonyl (C=O) groups is 1. The third-order valence-electron chi connectivity index (χ3n) is 3.27. The summed E-state index contributed by atoms with van der Waals surface area (Å²) in [6.07, 6.45) is -0.812. The molecule has 1 N–H and O–H groups in total. The molecule has 1 unspecified atom stereocenters. The second-order valence-corrected chi connectivity index (χ2v) is 7.66. The minimum Gasteiger partial charge on any atom is -0.481 e. The van der Waals surface area contributed by atoms with Crippen molar-refractivity contribution in [3.63, 3.8) is 0 Å². The summed E-state index contributed by atoms with van der Waals surface area (Å²) in [6.45, 7) is 2.31. The van der Waals surface area contributed by atoms with E-state index in [1.54, 1.807) is 12.1 Å². The minimum absolute atomic E-state index is 0.0593. The number of aryl methyl sites for hydroxylation is 1. The van der Waals surface area contributed by atoms with Crippen molar-refractivity contribution in [3.8, 4) is 0 Å². The molecule has 116 valence electrons. The molecule has 21 heavy (non-hydrogen) atoms. The fraction of sp³-hybridized carbons (Fsp3) is 0.462. The number of halogens is 1. The highest BCUT2D eigenvalue weighted by Gasteiger charge is 2.31. The largest absolute Gasteiger partial charge is 0.481 e. The van der Waals surface area contributed by atoms with Crippen LogP contribution in [0.15, 0.2) is 27.6 Å². The summed E-state index contributed by atoms with van der Waals surface area (Å²) >= 11 is 3.34. The highest BCUT2D eigenvalue weighted by atomic mass is 79.9. The Hall–Kier alpha value is -0.960. The molecule has 0 bridgehead atoms. The molecule has 8 heteroatoms. The van der Waals surface area contributed by atoms with Crippen molar-refractivity contribution < 1.29 is 23.1 Å². The Morgan fingerprint density at radius 1 is 1.52 bits per heavy atom. The number of nitrogens with zero attached hydrogens (tertiary/aromatic N) is 1. The smallest absolute Gasteiger partial charge is 0.306 e. The molecule has 6 nitrogen and oxygen atoms in total. The average Bonchev–Trinajstić information content (AvgIpc) is 2.41. The Morgan fingerprint density at radius 3 is 2.86 bits per heavy atom. The van der Waals surface area contributed by atoms with Crippen LogP contribution in [0, 0.1) is 6.92 Å². The molecule has 1 fully saturated rings. The van der Waals surface area contributed by atoms with Crippen LogP contribution >= 0.6 is 15.9 Å². The fourth-order valence-corrected chi connectivity index (χ4v) is 3.94. The topological polar surface area (TPSA) is 83.9 Å². The minimum atomic E-state index is -3.63. The van der Waals surface area contributed by atoms with Gasteiger partial charge >= 0.3 is 5.97 Å². The van der Waals surface area contributed by atoms with Gasteiger partial charge < -0.3 is 9.84 Å². The van der Waals surface area contributed by atoms with Gasteiger partial charge in [-0.2, -0.15) is 4.31 Å². The maximum absolute atomic E-state index is 12.6. The Morgan fingerprint density at radius 2 is 2.24 bits per heavy atom. The summed E-state index contributed by atoms with van der Waals surface area (Å²) in [5, 5.41) is 8.79. The molecule has 0 aromatic heterocycles. The average molecular weight is 378 g/mol. The van der Waals surface area contributed by atoms with E-state index in [0.717, 1.165) is 10.0 Å². The Kier molecular flexibility index (Phi) is 5.03. The van der Waals surface area contributed by atoms with Gasteiger partial charge in [0.2, 0.25) is 10.0 Å². The van der Waals surface area contributed by atoms with Gasteiger partial charge in [-0.05, 0) is 30.7 Å². The molecule has 0 aliphatic carbocycles. The zero-order chi connectivity index (χ0) is 15.6. The standard InChI is InChI=1S/C13H16BrNO5S/c1-9-6-11(2-3-12(9)14)21(18,19)15-4-5-20-10(8-15)7-13(16)17/h2-3,6,10H,4-5,7-8H2,1H3,(H,16,17). The summed E-state index contributed by atoms with van der Waals surface area (Å²) in [6, 6.07) is 4.83. The van der Waals surface area contributed by atoms with Gasteiger partial charge in [-0.15, -0.1) is 0 Å². The van der Waals surface area contributed by atoms with E-state index >= 15 is 0 Å². The maximum atomic E-state index is 12.6. The highest BCUT2D eigenvalue weighted by Crippen LogP contribution is 2.24. The van der Waals surface area contributed by atoms with E-state index < -0.39 is 22.1 Å². The molecule has 2 rings (SSSR count). The lowest BCUT2D eigenvalue weighted by Gasteiger charge is -2.31.